The van der Waals surface area contributed by atoms with Crippen molar-refractivity contribution in [1.82, 2.24) is 0 Å². The maximum absolute atomic E-state index is 12.4. The number of rotatable bonds is 7. The molecule has 0 radical (unpaired) electrons. The number of benzene rings is 2. The summed E-state index contributed by atoms with van der Waals surface area (Å²) in [6, 6.07) is 15.8. The van der Waals surface area contributed by atoms with Crippen LogP contribution in [0.1, 0.15) is 29.6 Å². The van der Waals surface area contributed by atoms with Gasteiger partial charge < -0.3 is 4.74 Å². The normalized spacial score (nSPS) is 10.4. The minimum Gasteiger partial charge on any atom is -0.496 e. The maximum atomic E-state index is 12.4. The summed E-state index contributed by atoms with van der Waals surface area (Å²) in [4.78, 5) is 12.4. The molecule has 0 aromatic heterocycles. The van der Waals surface area contributed by atoms with Gasteiger partial charge in [0.1, 0.15) is 5.75 Å². The first-order valence-electron chi connectivity index (χ1n) is 7.09. The van der Waals surface area contributed by atoms with E-state index in [1.54, 1.807) is 7.11 Å². The molecule has 0 N–H and O–H groups in total. The van der Waals surface area contributed by atoms with Crippen molar-refractivity contribution in [1.29, 1.82) is 0 Å². The van der Waals surface area contributed by atoms with Gasteiger partial charge in [0.05, 0.1) is 12.7 Å². The molecule has 2 aromatic carbocycles. The molecule has 0 aliphatic carbocycles. The Morgan fingerprint density at radius 2 is 1.81 bits per heavy atom. The van der Waals surface area contributed by atoms with E-state index < -0.39 is 0 Å². The molecular formula is C18H19ClO2. The average molecular weight is 303 g/mol. The van der Waals surface area contributed by atoms with Crippen LogP contribution in [0.5, 0.6) is 5.75 Å². The molecule has 2 aromatic rings. The molecule has 2 nitrogen and oxygen atoms in total. The largest absolute Gasteiger partial charge is 0.496 e. The summed E-state index contributed by atoms with van der Waals surface area (Å²) in [7, 11) is 1.59. The fourth-order valence-corrected chi connectivity index (χ4v) is 2.44. The second kappa shape index (κ2) is 7.84. The molecule has 0 bridgehead atoms. The van der Waals surface area contributed by atoms with Gasteiger partial charge in [-0.15, -0.1) is 11.6 Å². The lowest BCUT2D eigenvalue weighted by Gasteiger charge is -2.10. The molecule has 0 unspecified atom stereocenters. The van der Waals surface area contributed by atoms with Gasteiger partial charge in [-0.25, -0.2) is 0 Å². The number of hydrogen-bond donors (Lipinski definition) is 0. The zero-order chi connectivity index (χ0) is 15.1. The molecule has 2 rings (SSSR count). The monoisotopic (exact) mass is 302 g/mol. The minimum atomic E-state index is 0.106. The predicted octanol–water partition coefficient (Wildman–Crippen LogP) is 4.95. The van der Waals surface area contributed by atoms with Gasteiger partial charge in [-0.2, -0.15) is 0 Å². The lowest BCUT2D eigenvalue weighted by molar-refractivity contribution is 0.0977. The summed E-state index contributed by atoms with van der Waals surface area (Å²) >= 11 is 5.66. The highest BCUT2D eigenvalue weighted by Crippen LogP contribution is 2.27. The number of methoxy groups -OCH3 is 1. The third-order valence-electron chi connectivity index (χ3n) is 3.39. The van der Waals surface area contributed by atoms with E-state index >= 15 is 0 Å². The van der Waals surface area contributed by atoms with Gasteiger partial charge in [-0.05, 0) is 36.1 Å². The minimum absolute atomic E-state index is 0.106. The topological polar surface area (TPSA) is 26.3 Å². The quantitative estimate of drug-likeness (QED) is 0.411. The third kappa shape index (κ3) is 4.08. The Hall–Kier alpha value is -1.80. The molecule has 0 saturated carbocycles. The molecule has 0 fully saturated rings. The Balaban J connectivity index is 2.28. The first kappa shape index (κ1) is 15.6. The van der Waals surface area contributed by atoms with Crippen LogP contribution >= 0.6 is 11.6 Å². The van der Waals surface area contributed by atoms with Crippen molar-refractivity contribution in [3.8, 4) is 16.9 Å². The number of unbranched alkanes of at least 4 members (excludes halogenated alkanes) is 1. The van der Waals surface area contributed by atoms with E-state index in [4.69, 9.17) is 16.3 Å². The average Bonchev–Trinajstić information content (AvgIpc) is 2.55. The van der Waals surface area contributed by atoms with Gasteiger partial charge in [0, 0.05) is 12.3 Å². The number of ketones is 1. The van der Waals surface area contributed by atoms with Gasteiger partial charge in [0.2, 0.25) is 0 Å². The molecule has 0 amide bonds. The second-order valence-electron chi connectivity index (χ2n) is 4.85. The molecule has 0 aliphatic heterocycles. The van der Waals surface area contributed by atoms with Crippen molar-refractivity contribution >= 4 is 17.4 Å². The van der Waals surface area contributed by atoms with Crippen molar-refractivity contribution in [2.75, 3.05) is 13.0 Å². The van der Waals surface area contributed by atoms with Crippen LogP contribution in [-0.2, 0) is 0 Å². The Kier molecular flexibility index (Phi) is 5.82. The number of ether oxygens (including phenoxy) is 1. The van der Waals surface area contributed by atoms with Crippen molar-refractivity contribution in [2.45, 2.75) is 19.3 Å². The smallest absolute Gasteiger partial charge is 0.166 e. The molecule has 0 spiro atoms. The summed E-state index contributed by atoms with van der Waals surface area (Å²) in [6.45, 7) is 0. The van der Waals surface area contributed by atoms with Crippen molar-refractivity contribution in [3.63, 3.8) is 0 Å². The number of hydrogen-bond acceptors (Lipinski definition) is 2. The number of alkyl halides is 1. The molecule has 0 saturated heterocycles. The Morgan fingerprint density at radius 1 is 1.05 bits per heavy atom. The summed E-state index contributed by atoms with van der Waals surface area (Å²) < 4.78 is 5.32. The van der Waals surface area contributed by atoms with Crippen molar-refractivity contribution < 1.29 is 9.53 Å². The molecule has 0 aliphatic rings. The van der Waals surface area contributed by atoms with Crippen LogP contribution in [0, 0.1) is 0 Å². The van der Waals surface area contributed by atoms with E-state index in [0.717, 1.165) is 24.0 Å². The number of carbonyl (C=O) groups is 1. The molecule has 110 valence electrons. The molecule has 3 heteroatoms. The molecule has 21 heavy (non-hydrogen) atoms. The van der Waals surface area contributed by atoms with Gasteiger partial charge >= 0.3 is 0 Å². The van der Waals surface area contributed by atoms with Gasteiger partial charge in [0.25, 0.3) is 0 Å². The van der Waals surface area contributed by atoms with E-state index in [9.17, 15) is 4.79 Å². The molecule has 0 heterocycles. The lowest BCUT2D eigenvalue weighted by atomic mass is 9.98. The first-order valence-corrected chi connectivity index (χ1v) is 7.62. The first-order chi connectivity index (χ1) is 10.3. The Bertz CT molecular complexity index is 593. The van der Waals surface area contributed by atoms with Gasteiger partial charge in [0.15, 0.2) is 5.78 Å². The van der Waals surface area contributed by atoms with Crippen LogP contribution in [0.15, 0.2) is 48.5 Å². The molecule has 0 atom stereocenters. The van der Waals surface area contributed by atoms with Crippen LogP contribution in [0.3, 0.4) is 0 Å². The zero-order valence-electron chi connectivity index (χ0n) is 12.1. The van der Waals surface area contributed by atoms with Crippen LogP contribution in [-0.4, -0.2) is 18.8 Å². The fraction of sp³-hybridized carbons (Fsp3) is 0.278. The summed E-state index contributed by atoms with van der Waals surface area (Å²) in [5.74, 6) is 1.33. The van der Waals surface area contributed by atoms with E-state index in [1.807, 2.05) is 48.5 Å². The number of halogens is 1. The zero-order valence-corrected chi connectivity index (χ0v) is 12.9. The van der Waals surface area contributed by atoms with Crippen LogP contribution in [0.25, 0.3) is 11.1 Å². The number of carbonyl (C=O) groups excluding carboxylic acids is 1. The Labute approximate surface area is 130 Å². The van der Waals surface area contributed by atoms with E-state index in [1.165, 1.54) is 0 Å². The molecular weight excluding hydrogens is 284 g/mol. The SMILES string of the molecule is COc1ccc(-c2ccccc2)cc1C(=O)CCCCCl. The van der Waals surface area contributed by atoms with E-state index in [2.05, 4.69) is 0 Å². The highest BCUT2D eigenvalue weighted by Gasteiger charge is 2.13. The van der Waals surface area contributed by atoms with E-state index in [-0.39, 0.29) is 5.78 Å². The predicted molar refractivity (Wildman–Crippen MR) is 87.3 cm³/mol. The lowest BCUT2D eigenvalue weighted by Crippen LogP contribution is -2.03. The summed E-state index contributed by atoms with van der Waals surface area (Å²) in [5.41, 5.74) is 2.76. The Morgan fingerprint density at radius 3 is 2.48 bits per heavy atom. The highest BCUT2D eigenvalue weighted by atomic mass is 35.5. The van der Waals surface area contributed by atoms with Crippen LogP contribution < -0.4 is 4.74 Å². The van der Waals surface area contributed by atoms with Crippen molar-refractivity contribution in [3.05, 3.63) is 54.1 Å². The van der Waals surface area contributed by atoms with Gasteiger partial charge in [-0.1, -0.05) is 36.4 Å². The fourth-order valence-electron chi connectivity index (χ4n) is 2.25. The third-order valence-corrected chi connectivity index (χ3v) is 3.66. The second-order valence-corrected chi connectivity index (χ2v) is 5.23. The highest BCUT2D eigenvalue weighted by molar-refractivity contribution is 6.17. The maximum Gasteiger partial charge on any atom is 0.166 e. The number of Topliss-reactive ketones (excluding diaryl/α,β-unsaturated/α-hetero) is 1. The van der Waals surface area contributed by atoms with E-state index in [0.29, 0.717) is 23.6 Å². The summed E-state index contributed by atoms with van der Waals surface area (Å²) in [6.07, 6.45) is 2.16. The van der Waals surface area contributed by atoms with Gasteiger partial charge in [-0.3, -0.25) is 4.79 Å². The standard InChI is InChI=1S/C18H19ClO2/c1-21-18-11-10-15(14-7-3-2-4-8-14)13-16(18)17(20)9-5-6-12-19/h2-4,7-8,10-11,13H,5-6,9,12H2,1H3. The van der Waals surface area contributed by atoms with Crippen LogP contribution in [0.4, 0.5) is 0 Å². The van der Waals surface area contributed by atoms with Crippen molar-refractivity contribution in [2.24, 2.45) is 0 Å². The summed E-state index contributed by atoms with van der Waals surface area (Å²) in [5, 5.41) is 0. The van der Waals surface area contributed by atoms with Crippen LogP contribution in [0.2, 0.25) is 0 Å².